The summed E-state index contributed by atoms with van der Waals surface area (Å²) >= 11 is 3.34. The van der Waals surface area contributed by atoms with E-state index in [0.29, 0.717) is 5.56 Å². The van der Waals surface area contributed by atoms with E-state index in [1.807, 2.05) is 17.0 Å². The maximum Gasteiger partial charge on any atom is 0.237 e. The van der Waals surface area contributed by atoms with Gasteiger partial charge in [-0.3, -0.25) is 4.79 Å². The van der Waals surface area contributed by atoms with E-state index in [1.54, 1.807) is 12.1 Å². The van der Waals surface area contributed by atoms with Crippen molar-refractivity contribution in [2.24, 2.45) is 0 Å². The first-order chi connectivity index (χ1) is 8.65. The molecule has 0 N–H and O–H groups in total. The Kier molecular flexibility index (Phi) is 4.40. The lowest BCUT2D eigenvalue weighted by Gasteiger charge is -2.29. The van der Waals surface area contributed by atoms with Gasteiger partial charge in [-0.15, -0.1) is 0 Å². The first-order valence-corrected chi connectivity index (χ1v) is 6.69. The molecule has 2 rings (SSSR count). The molecule has 1 fully saturated rings. The van der Waals surface area contributed by atoms with Crippen LogP contribution < -0.4 is 0 Å². The fourth-order valence-electron chi connectivity index (χ4n) is 1.72. The van der Waals surface area contributed by atoms with Crippen LogP contribution in [0, 0.1) is 12.0 Å². The van der Waals surface area contributed by atoms with Crippen LogP contribution in [0.5, 0.6) is 0 Å². The number of ketones is 1. The van der Waals surface area contributed by atoms with E-state index in [2.05, 4.69) is 39.8 Å². The van der Waals surface area contributed by atoms with Gasteiger partial charge < -0.3 is 9.80 Å². The van der Waals surface area contributed by atoms with E-state index in [1.165, 1.54) is 0 Å². The molecule has 1 aliphatic rings. The summed E-state index contributed by atoms with van der Waals surface area (Å²) in [7, 11) is 2.09. The van der Waals surface area contributed by atoms with Crippen LogP contribution in [0.2, 0.25) is 0 Å². The second-order valence-electron chi connectivity index (χ2n) is 4.36. The lowest BCUT2D eigenvalue weighted by molar-refractivity contribution is 0.105. The van der Waals surface area contributed by atoms with Gasteiger partial charge in [0.2, 0.25) is 5.78 Å². The van der Waals surface area contributed by atoms with Gasteiger partial charge in [-0.2, -0.15) is 0 Å². The summed E-state index contributed by atoms with van der Waals surface area (Å²) in [6.45, 7) is 3.80. The lowest BCUT2D eigenvalue weighted by Crippen LogP contribution is -2.42. The van der Waals surface area contributed by atoms with Gasteiger partial charge in [0.1, 0.15) is 0 Å². The first kappa shape index (κ1) is 13.1. The molecule has 1 saturated heterocycles. The maximum absolute atomic E-state index is 11.8. The molecule has 0 radical (unpaired) electrons. The molecule has 0 atom stereocenters. The highest BCUT2D eigenvalue weighted by atomic mass is 79.9. The minimum Gasteiger partial charge on any atom is -0.330 e. The van der Waals surface area contributed by atoms with Gasteiger partial charge in [0.05, 0.1) is 0 Å². The summed E-state index contributed by atoms with van der Waals surface area (Å²) in [5.41, 5.74) is 0.639. The average molecular weight is 307 g/mol. The largest absolute Gasteiger partial charge is 0.330 e. The molecular weight excluding hydrogens is 292 g/mol. The molecule has 1 aromatic carbocycles. The van der Waals surface area contributed by atoms with E-state index in [0.717, 1.165) is 30.7 Å². The number of carbonyl (C=O) groups is 1. The van der Waals surface area contributed by atoms with Gasteiger partial charge in [0.15, 0.2) is 0 Å². The van der Waals surface area contributed by atoms with Crippen LogP contribution >= 0.6 is 15.9 Å². The molecule has 94 valence electrons. The van der Waals surface area contributed by atoms with Gasteiger partial charge in [0.25, 0.3) is 0 Å². The molecule has 0 amide bonds. The fraction of sp³-hybridized carbons (Fsp3) is 0.357. The van der Waals surface area contributed by atoms with Gasteiger partial charge in [-0.25, -0.2) is 0 Å². The number of benzene rings is 1. The van der Waals surface area contributed by atoms with E-state index < -0.39 is 0 Å². The van der Waals surface area contributed by atoms with Crippen molar-refractivity contribution in [2.75, 3.05) is 33.2 Å². The Labute approximate surface area is 116 Å². The molecular formula is C14H15BrN2O. The van der Waals surface area contributed by atoms with E-state index in [-0.39, 0.29) is 5.78 Å². The van der Waals surface area contributed by atoms with Crippen molar-refractivity contribution in [1.29, 1.82) is 0 Å². The van der Waals surface area contributed by atoms with Crippen LogP contribution in [-0.2, 0) is 0 Å². The Balaban J connectivity index is 1.97. The van der Waals surface area contributed by atoms with Crippen molar-refractivity contribution in [1.82, 2.24) is 9.80 Å². The Hall–Kier alpha value is -1.31. The third-order valence-electron chi connectivity index (χ3n) is 2.94. The number of Topliss-reactive ketones (excluding diaryl/α,β-unsaturated/α-hetero) is 1. The van der Waals surface area contributed by atoms with Gasteiger partial charge >= 0.3 is 0 Å². The molecule has 0 bridgehead atoms. The van der Waals surface area contributed by atoms with Crippen molar-refractivity contribution >= 4 is 21.7 Å². The lowest BCUT2D eigenvalue weighted by atomic mass is 10.1. The van der Waals surface area contributed by atoms with Crippen molar-refractivity contribution in [3.63, 3.8) is 0 Å². The van der Waals surface area contributed by atoms with Crippen LogP contribution in [0.25, 0.3) is 0 Å². The number of hydrogen-bond acceptors (Lipinski definition) is 3. The molecule has 1 aromatic rings. The SMILES string of the molecule is CN1CCN(C#CC(=O)c2ccc(Br)cc2)CC1. The molecule has 1 heterocycles. The van der Waals surface area contributed by atoms with Gasteiger partial charge in [-0.05, 0) is 37.2 Å². The number of hydrogen-bond donors (Lipinski definition) is 0. The second kappa shape index (κ2) is 6.03. The van der Waals surface area contributed by atoms with Crippen molar-refractivity contribution < 1.29 is 4.79 Å². The number of halogens is 1. The number of likely N-dealkylation sites (N-methyl/N-ethyl adjacent to an activating group) is 1. The Bertz CT molecular complexity index is 479. The van der Waals surface area contributed by atoms with E-state index in [9.17, 15) is 4.79 Å². The highest BCUT2D eigenvalue weighted by Crippen LogP contribution is 2.10. The van der Waals surface area contributed by atoms with Crippen molar-refractivity contribution in [3.8, 4) is 12.0 Å². The van der Waals surface area contributed by atoms with Crippen molar-refractivity contribution in [3.05, 3.63) is 34.3 Å². The predicted octanol–water partition coefficient (Wildman–Crippen LogP) is 1.84. The van der Waals surface area contributed by atoms with E-state index in [4.69, 9.17) is 0 Å². The standard InChI is InChI=1S/C14H15BrN2O/c1-16-8-10-17(11-9-16)7-6-14(18)12-2-4-13(15)5-3-12/h2-5H,8-11H2,1H3. The number of carbonyl (C=O) groups excluding carboxylic acids is 1. The maximum atomic E-state index is 11.8. The summed E-state index contributed by atoms with van der Waals surface area (Å²) in [5.74, 6) is 2.58. The molecule has 1 aliphatic heterocycles. The molecule has 4 heteroatoms. The van der Waals surface area contributed by atoms with Crippen molar-refractivity contribution in [2.45, 2.75) is 0 Å². The highest BCUT2D eigenvalue weighted by Gasteiger charge is 2.10. The average Bonchev–Trinajstić information content (AvgIpc) is 2.38. The Morgan fingerprint density at radius 2 is 1.78 bits per heavy atom. The quantitative estimate of drug-likeness (QED) is 0.584. The molecule has 18 heavy (non-hydrogen) atoms. The Morgan fingerprint density at radius 1 is 1.17 bits per heavy atom. The van der Waals surface area contributed by atoms with Crippen LogP contribution in [0.15, 0.2) is 28.7 Å². The molecule has 0 unspecified atom stereocenters. The third kappa shape index (κ3) is 3.59. The van der Waals surface area contributed by atoms with Crippen LogP contribution in [0.1, 0.15) is 10.4 Å². The molecule has 0 aliphatic carbocycles. The molecule has 0 aromatic heterocycles. The highest BCUT2D eigenvalue weighted by molar-refractivity contribution is 9.10. The zero-order chi connectivity index (χ0) is 13.0. The zero-order valence-corrected chi connectivity index (χ0v) is 11.9. The fourth-order valence-corrected chi connectivity index (χ4v) is 1.99. The number of rotatable bonds is 1. The predicted molar refractivity (Wildman–Crippen MR) is 75.3 cm³/mol. The summed E-state index contributed by atoms with van der Waals surface area (Å²) in [6.07, 6.45) is 0. The van der Waals surface area contributed by atoms with Gasteiger partial charge in [-0.1, -0.05) is 15.9 Å². The van der Waals surface area contributed by atoms with Gasteiger partial charge in [0, 0.05) is 42.3 Å². The Morgan fingerprint density at radius 3 is 2.39 bits per heavy atom. The monoisotopic (exact) mass is 306 g/mol. The minimum atomic E-state index is -0.124. The molecule has 0 spiro atoms. The zero-order valence-electron chi connectivity index (χ0n) is 10.3. The third-order valence-corrected chi connectivity index (χ3v) is 3.47. The number of nitrogens with zero attached hydrogens (tertiary/aromatic N) is 2. The normalized spacial score (nSPS) is 16.0. The summed E-state index contributed by atoms with van der Waals surface area (Å²) in [4.78, 5) is 16.1. The molecule has 3 nitrogen and oxygen atoms in total. The number of piperazine rings is 1. The minimum absolute atomic E-state index is 0.124. The van der Waals surface area contributed by atoms with Crippen LogP contribution in [-0.4, -0.2) is 48.8 Å². The molecule has 0 saturated carbocycles. The van der Waals surface area contributed by atoms with E-state index >= 15 is 0 Å². The smallest absolute Gasteiger partial charge is 0.237 e. The second-order valence-corrected chi connectivity index (χ2v) is 5.28. The topological polar surface area (TPSA) is 23.6 Å². The first-order valence-electron chi connectivity index (χ1n) is 5.90. The summed E-state index contributed by atoms with van der Waals surface area (Å²) in [6, 6.07) is 10.2. The summed E-state index contributed by atoms with van der Waals surface area (Å²) in [5, 5.41) is 0. The van der Waals surface area contributed by atoms with Crippen LogP contribution in [0.4, 0.5) is 0 Å². The van der Waals surface area contributed by atoms with Crippen LogP contribution in [0.3, 0.4) is 0 Å². The summed E-state index contributed by atoms with van der Waals surface area (Å²) < 4.78 is 0.964.